The summed E-state index contributed by atoms with van der Waals surface area (Å²) in [5, 5.41) is 0. The molecule has 2 fully saturated rings. The Kier molecular flexibility index (Phi) is 6.90. The quantitative estimate of drug-likeness (QED) is 0.368. The molecule has 4 rings (SSSR count). The van der Waals surface area contributed by atoms with E-state index in [-0.39, 0.29) is 5.41 Å². The van der Waals surface area contributed by atoms with E-state index in [1.807, 2.05) is 0 Å². The molecule has 174 valence electrons. The van der Waals surface area contributed by atoms with E-state index in [0.717, 1.165) is 36.5 Å². The summed E-state index contributed by atoms with van der Waals surface area (Å²) in [6.07, 6.45) is 19.6. The van der Waals surface area contributed by atoms with Crippen molar-refractivity contribution in [3.05, 3.63) is 34.9 Å². The highest BCUT2D eigenvalue weighted by Crippen LogP contribution is 2.64. The fraction of sp³-hybridized carbons (Fsp3) is 0.793. The van der Waals surface area contributed by atoms with Gasteiger partial charge < -0.3 is 9.47 Å². The van der Waals surface area contributed by atoms with Crippen molar-refractivity contribution in [2.45, 2.75) is 98.5 Å². The number of methoxy groups -OCH3 is 1. The summed E-state index contributed by atoms with van der Waals surface area (Å²) in [5.41, 5.74) is 5.61. The Bertz CT molecular complexity index is 744. The number of allylic oxidation sites excluding steroid dienone is 5. The predicted molar refractivity (Wildman–Crippen MR) is 130 cm³/mol. The molecule has 0 radical (unpaired) electrons. The van der Waals surface area contributed by atoms with Crippen molar-refractivity contribution < 1.29 is 9.47 Å². The first-order valence-electron chi connectivity index (χ1n) is 13.0. The van der Waals surface area contributed by atoms with Crippen LogP contribution < -0.4 is 0 Å². The van der Waals surface area contributed by atoms with E-state index < -0.39 is 0 Å². The highest BCUT2D eigenvalue weighted by molar-refractivity contribution is 5.53. The van der Waals surface area contributed by atoms with E-state index in [9.17, 15) is 0 Å². The Morgan fingerprint density at radius 1 is 1.06 bits per heavy atom. The molecule has 4 aliphatic rings. The minimum absolute atomic E-state index is 0.222. The van der Waals surface area contributed by atoms with Gasteiger partial charge in [0.15, 0.2) is 0 Å². The van der Waals surface area contributed by atoms with Gasteiger partial charge >= 0.3 is 0 Å². The van der Waals surface area contributed by atoms with E-state index in [0.29, 0.717) is 18.3 Å². The summed E-state index contributed by atoms with van der Waals surface area (Å²) >= 11 is 0. The van der Waals surface area contributed by atoms with Crippen LogP contribution in [0.1, 0.15) is 92.4 Å². The Balaban J connectivity index is 1.52. The van der Waals surface area contributed by atoms with Gasteiger partial charge in [-0.1, -0.05) is 77.7 Å². The lowest BCUT2D eigenvalue weighted by Gasteiger charge is -2.51. The van der Waals surface area contributed by atoms with Crippen LogP contribution >= 0.6 is 0 Å². The third-order valence-corrected chi connectivity index (χ3v) is 9.57. The van der Waals surface area contributed by atoms with Crippen molar-refractivity contribution >= 4 is 0 Å². The number of fused-ring (bicyclic) bond motifs is 5. The zero-order valence-corrected chi connectivity index (χ0v) is 21.0. The first-order chi connectivity index (χ1) is 14.8. The van der Waals surface area contributed by atoms with Crippen LogP contribution in [0.4, 0.5) is 0 Å². The molecule has 0 spiro atoms. The SMILES string of the molecule is COCO[C@H]1CC[C@@]2(C)C(=CC=C3C2=CC[C@]2(C)[C@@H]([C@H](C)CCCC(C)C)CC[C@@H]32)C1. The largest absolute Gasteiger partial charge is 0.359 e. The zero-order valence-electron chi connectivity index (χ0n) is 21.0. The van der Waals surface area contributed by atoms with Crippen LogP contribution in [0.15, 0.2) is 34.9 Å². The average molecular weight is 427 g/mol. The van der Waals surface area contributed by atoms with E-state index in [4.69, 9.17) is 9.47 Å². The number of hydrogen-bond acceptors (Lipinski definition) is 2. The molecule has 0 amide bonds. The first kappa shape index (κ1) is 23.3. The summed E-state index contributed by atoms with van der Waals surface area (Å²) in [7, 11) is 1.71. The van der Waals surface area contributed by atoms with E-state index >= 15 is 0 Å². The van der Waals surface area contributed by atoms with Crippen LogP contribution in [-0.2, 0) is 9.47 Å². The second-order valence-corrected chi connectivity index (χ2v) is 12.0. The lowest BCUT2D eigenvalue weighted by Crippen LogP contribution is -2.41. The van der Waals surface area contributed by atoms with Crippen LogP contribution in [0.3, 0.4) is 0 Å². The van der Waals surface area contributed by atoms with Crippen LogP contribution in [0, 0.1) is 34.5 Å². The molecule has 0 aromatic carbocycles. The van der Waals surface area contributed by atoms with Gasteiger partial charge in [-0.25, -0.2) is 0 Å². The lowest BCUT2D eigenvalue weighted by molar-refractivity contribution is -0.0816. The normalized spacial score (nSPS) is 38.0. The van der Waals surface area contributed by atoms with Gasteiger partial charge in [0.2, 0.25) is 0 Å². The summed E-state index contributed by atoms with van der Waals surface area (Å²) in [5.74, 6) is 3.31. The average Bonchev–Trinajstić information content (AvgIpc) is 3.09. The summed E-state index contributed by atoms with van der Waals surface area (Å²) < 4.78 is 11.1. The molecule has 0 aromatic heterocycles. The van der Waals surface area contributed by atoms with Crippen molar-refractivity contribution in [1.29, 1.82) is 0 Å². The first-order valence-corrected chi connectivity index (χ1v) is 13.0. The molecular weight excluding hydrogens is 380 g/mol. The second kappa shape index (κ2) is 9.18. The Morgan fingerprint density at radius 3 is 2.61 bits per heavy atom. The van der Waals surface area contributed by atoms with Gasteiger partial charge in [0.25, 0.3) is 0 Å². The molecular formula is C29H46O2. The molecule has 31 heavy (non-hydrogen) atoms. The second-order valence-electron chi connectivity index (χ2n) is 12.0. The molecule has 2 nitrogen and oxygen atoms in total. The molecule has 2 heteroatoms. The van der Waals surface area contributed by atoms with Gasteiger partial charge in [0.1, 0.15) is 6.79 Å². The van der Waals surface area contributed by atoms with E-state index in [1.165, 1.54) is 44.9 Å². The molecule has 0 aromatic rings. The number of ether oxygens (including phenoxy) is 2. The molecule has 0 N–H and O–H groups in total. The maximum absolute atomic E-state index is 5.93. The third-order valence-electron chi connectivity index (χ3n) is 9.57. The minimum atomic E-state index is 0.222. The molecule has 0 bridgehead atoms. The van der Waals surface area contributed by atoms with E-state index in [2.05, 4.69) is 52.8 Å². The van der Waals surface area contributed by atoms with Crippen LogP contribution in [0.2, 0.25) is 0 Å². The van der Waals surface area contributed by atoms with Gasteiger partial charge in [-0.3, -0.25) is 0 Å². The van der Waals surface area contributed by atoms with Gasteiger partial charge in [-0.15, -0.1) is 0 Å². The van der Waals surface area contributed by atoms with Gasteiger partial charge in [0.05, 0.1) is 6.10 Å². The van der Waals surface area contributed by atoms with Crippen LogP contribution in [-0.4, -0.2) is 20.0 Å². The molecule has 4 aliphatic carbocycles. The maximum Gasteiger partial charge on any atom is 0.146 e. The summed E-state index contributed by atoms with van der Waals surface area (Å²) in [6, 6.07) is 0. The smallest absolute Gasteiger partial charge is 0.146 e. The fourth-order valence-corrected chi connectivity index (χ4v) is 7.67. The lowest BCUT2D eigenvalue weighted by atomic mass is 9.54. The van der Waals surface area contributed by atoms with Crippen LogP contribution in [0.5, 0.6) is 0 Å². The predicted octanol–water partition coefficient (Wildman–Crippen LogP) is 7.86. The highest BCUT2D eigenvalue weighted by atomic mass is 16.7. The molecule has 0 heterocycles. The topological polar surface area (TPSA) is 18.5 Å². The van der Waals surface area contributed by atoms with Gasteiger partial charge in [-0.2, -0.15) is 0 Å². The zero-order chi connectivity index (χ0) is 22.2. The van der Waals surface area contributed by atoms with Crippen molar-refractivity contribution in [1.82, 2.24) is 0 Å². The Labute approximate surface area is 191 Å². The van der Waals surface area contributed by atoms with Crippen molar-refractivity contribution in [3.8, 4) is 0 Å². The summed E-state index contributed by atoms with van der Waals surface area (Å²) in [4.78, 5) is 0. The van der Waals surface area contributed by atoms with Gasteiger partial charge in [0, 0.05) is 12.5 Å². The summed E-state index contributed by atoms with van der Waals surface area (Å²) in [6.45, 7) is 12.8. The molecule has 0 saturated heterocycles. The van der Waals surface area contributed by atoms with Crippen LogP contribution in [0.25, 0.3) is 0 Å². The molecule has 0 aliphatic heterocycles. The molecule has 0 unspecified atom stereocenters. The highest BCUT2D eigenvalue weighted by Gasteiger charge is 2.54. The monoisotopic (exact) mass is 426 g/mol. The van der Waals surface area contributed by atoms with Crippen molar-refractivity contribution in [2.24, 2.45) is 34.5 Å². The Hall–Kier alpha value is -0.860. The Morgan fingerprint density at radius 2 is 1.87 bits per heavy atom. The molecule has 2 saturated carbocycles. The fourth-order valence-electron chi connectivity index (χ4n) is 7.67. The minimum Gasteiger partial charge on any atom is -0.359 e. The number of rotatable bonds is 8. The van der Waals surface area contributed by atoms with E-state index in [1.54, 1.807) is 23.8 Å². The van der Waals surface area contributed by atoms with Crippen molar-refractivity contribution in [2.75, 3.05) is 13.9 Å². The van der Waals surface area contributed by atoms with Crippen molar-refractivity contribution in [3.63, 3.8) is 0 Å². The maximum atomic E-state index is 5.93. The standard InChI is InChI=1S/C29H46O2/c1-20(2)8-7-9-21(3)25-12-13-26-24-11-10-22-18-23(31-19-30-6)14-16-28(22,4)27(24)15-17-29(25,26)5/h10-11,15,20-21,23,25-26H,7-9,12-14,16-19H2,1-6H3/t21-,23+,25-,26+,28+,29-/m1/s1. The number of hydrogen-bond donors (Lipinski definition) is 0. The third kappa shape index (κ3) is 4.24. The van der Waals surface area contributed by atoms with Gasteiger partial charge in [-0.05, 0) is 78.8 Å². The molecule has 6 atom stereocenters.